The van der Waals surface area contributed by atoms with Crippen LogP contribution in [0.15, 0.2) is 21.3 Å². The number of benzene rings is 1. The SMILES string of the molecule is Cc1cc2oc(=O)n(F)c2cc1C. The fraction of sp³-hybridized carbons (Fsp3) is 0.222. The third kappa shape index (κ3) is 1.06. The average molecular weight is 181 g/mol. The zero-order valence-corrected chi connectivity index (χ0v) is 7.30. The predicted molar refractivity (Wildman–Crippen MR) is 46.5 cm³/mol. The van der Waals surface area contributed by atoms with Gasteiger partial charge in [0.15, 0.2) is 5.58 Å². The van der Waals surface area contributed by atoms with Gasteiger partial charge in [0, 0.05) is 0 Å². The number of hydrogen-bond donors (Lipinski definition) is 0. The highest BCUT2D eigenvalue weighted by atomic mass is 19.2. The van der Waals surface area contributed by atoms with Gasteiger partial charge in [-0.05, 0) is 37.1 Å². The van der Waals surface area contributed by atoms with Gasteiger partial charge in [-0.2, -0.15) is 0 Å². The van der Waals surface area contributed by atoms with Crippen molar-refractivity contribution < 1.29 is 8.90 Å². The molecule has 4 heteroatoms. The van der Waals surface area contributed by atoms with Gasteiger partial charge in [-0.3, -0.25) is 0 Å². The Kier molecular flexibility index (Phi) is 1.52. The molecule has 0 unspecified atom stereocenters. The molecule has 0 amide bonds. The molecule has 0 saturated heterocycles. The Bertz CT molecular complexity index is 524. The second kappa shape index (κ2) is 2.45. The summed E-state index contributed by atoms with van der Waals surface area (Å²) in [4.78, 5) is 10.8. The monoisotopic (exact) mass is 181 g/mol. The highest BCUT2D eigenvalue weighted by Gasteiger charge is 2.09. The number of rotatable bonds is 0. The van der Waals surface area contributed by atoms with Gasteiger partial charge in [-0.1, -0.05) is 4.48 Å². The van der Waals surface area contributed by atoms with Crippen molar-refractivity contribution in [1.29, 1.82) is 0 Å². The van der Waals surface area contributed by atoms with Crippen LogP contribution in [0.3, 0.4) is 0 Å². The van der Waals surface area contributed by atoms with Crippen LogP contribution in [0.1, 0.15) is 11.1 Å². The van der Waals surface area contributed by atoms with Crippen LogP contribution in [-0.4, -0.2) is 4.79 Å². The number of hydrogen-bond acceptors (Lipinski definition) is 2. The van der Waals surface area contributed by atoms with Crippen LogP contribution in [0.25, 0.3) is 11.1 Å². The lowest BCUT2D eigenvalue weighted by atomic mass is 10.1. The molecule has 0 saturated carbocycles. The Balaban J connectivity index is 2.97. The van der Waals surface area contributed by atoms with E-state index in [1.165, 1.54) is 0 Å². The van der Waals surface area contributed by atoms with E-state index in [4.69, 9.17) is 0 Å². The standard InChI is InChI=1S/C9H8FNO2/c1-5-3-7-8(4-6(5)2)13-9(12)11(7)10/h3-4H,1-2H3. The average Bonchev–Trinajstić information content (AvgIpc) is 2.32. The summed E-state index contributed by atoms with van der Waals surface area (Å²) in [6.07, 6.45) is 0. The fourth-order valence-electron chi connectivity index (χ4n) is 1.24. The quantitative estimate of drug-likeness (QED) is 0.622. The van der Waals surface area contributed by atoms with Gasteiger partial charge in [0.2, 0.25) is 0 Å². The molecule has 13 heavy (non-hydrogen) atoms. The van der Waals surface area contributed by atoms with Crippen molar-refractivity contribution in [2.45, 2.75) is 13.8 Å². The fourth-order valence-corrected chi connectivity index (χ4v) is 1.24. The van der Waals surface area contributed by atoms with Gasteiger partial charge in [-0.15, -0.1) is 4.79 Å². The van der Waals surface area contributed by atoms with Crippen LogP contribution in [0.5, 0.6) is 0 Å². The first-order chi connectivity index (χ1) is 6.09. The van der Waals surface area contributed by atoms with Crippen molar-refractivity contribution in [3.63, 3.8) is 0 Å². The molecule has 0 fully saturated rings. The Hall–Kier alpha value is -1.58. The molecule has 2 rings (SSSR count). The minimum atomic E-state index is -0.972. The third-order valence-corrected chi connectivity index (χ3v) is 2.14. The third-order valence-electron chi connectivity index (χ3n) is 2.14. The molecule has 0 spiro atoms. The van der Waals surface area contributed by atoms with E-state index in [-0.39, 0.29) is 15.9 Å². The van der Waals surface area contributed by atoms with Crippen LogP contribution in [-0.2, 0) is 0 Å². The number of fused-ring (bicyclic) bond motifs is 1. The molecule has 0 aliphatic rings. The lowest BCUT2D eigenvalue weighted by Crippen LogP contribution is -2.04. The molecule has 68 valence electrons. The van der Waals surface area contributed by atoms with E-state index in [1.807, 2.05) is 13.8 Å². The normalized spacial score (nSPS) is 11.0. The maximum absolute atomic E-state index is 13.0. The Morgan fingerprint density at radius 3 is 2.62 bits per heavy atom. The number of oxazole rings is 1. The van der Waals surface area contributed by atoms with E-state index in [0.29, 0.717) is 0 Å². The molecule has 0 aliphatic carbocycles. The molecule has 1 aromatic heterocycles. The summed E-state index contributed by atoms with van der Waals surface area (Å²) in [5.41, 5.74) is 2.38. The molecular weight excluding hydrogens is 173 g/mol. The summed E-state index contributed by atoms with van der Waals surface area (Å²) < 4.78 is 17.6. The van der Waals surface area contributed by atoms with Crippen molar-refractivity contribution in [2.24, 2.45) is 0 Å². The number of aromatic nitrogens is 1. The minimum Gasteiger partial charge on any atom is -0.406 e. The van der Waals surface area contributed by atoms with Gasteiger partial charge in [0.1, 0.15) is 5.52 Å². The van der Waals surface area contributed by atoms with Gasteiger partial charge in [-0.25, -0.2) is 4.79 Å². The molecule has 0 radical (unpaired) electrons. The van der Waals surface area contributed by atoms with Crippen molar-refractivity contribution in [2.75, 3.05) is 0 Å². The van der Waals surface area contributed by atoms with E-state index < -0.39 is 5.76 Å². The van der Waals surface area contributed by atoms with Crippen molar-refractivity contribution >= 4 is 11.1 Å². The smallest absolute Gasteiger partial charge is 0.406 e. The van der Waals surface area contributed by atoms with E-state index in [9.17, 15) is 9.28 Å². The second-order valence-corrected chi connectivity index (χ2v) is 3.05. The molecule has 2 aromatic rings. The predicted octanol–water partition coefficient (Wildman–Crippen LogP) is 1.94. The molecular formula is C9H8FNO2. The Morgan fingerprint density at radius 2 is 1.92 bits per heavy atom. The molecule has 0 atom stereocenters. The maximum Gasteiger partial charge on any atom is 0.448 e. The summed E-state index contributed by atoms with van der Waals surface area (Å²) in [5, 5.41) is 0. The number of nitrogens with zero attached hydrogens (tertiary/aromatic N) is 1. The van der Waals surface area contributed by atoms with Crippen molar-refractivity contribution in [3.8, 4) is 0 Å². The molecule has 3 nitrogen and oxygen atoms in total. The van der Waals surface area contributed by atoms with Crippen molar-refractivity contribution in [3.05, 3.63) is 33.8 Å². The summed E-state index contributed by atoms with van der Waals surface area (Å²) >= 11 is 0. The van der Waals surface area contributed by atoms with Crippen LogP contribution in [0.2, 0.25) is 0 Å². The summed E-state index contributed by atoms with van der Waals surface area (Å²) in [6, 6.07) is 3.25. The first-order valence-corrected chi connectivity index (χ1v) is 3.88. The van der Waals surface area contributed by atoms with Gasteiger partial charge in [0.05, 0.1) is 0 Å². The highest BCUT2D eigenvalue weighted by Crippen LogP contribution is 2.18. The van der Waals surface area contributed by atoms with Gasteiger partial charge in [0.25, 0.3) is 0 Å². The lowest BCUT2D eigenvalue weighted by Gasteiger charge is -1.97. The first-order valence-electron chi connectivity index (χ1n) is 3.88. The minimum absolute atomic E-state index is 0.0156. The molecule has 1 heterocycles. The Morgan fingerprint density at radius 1 is 1.31 bits per heavy atom. The summed E-state index contributed by atoms with van der Waals surface area (Å²) in [5.74, 6) is -0.972. The van der Waals surface area contributed by atoms with Crippen molar-refractivity contribution in [1.82, 2.24) is 4.79 Å². The van der Waals surface area contributed by atoms with E-state index in [0.717, 1.165) is 11.1 Å². The lowest BCUT2D eigenvalue weighted by molar-refractivity contribution is 0.331. The topological polar surface area (TPSA) is 35.1 Å². The van der Waals surface area contributed by atoms with E-state index in [1.54, 1.807) is 12.1 Å². The number of halogens is 1. The zero-order chi connectivity index (χ0) is 9.59. The molecule has 0 bridgehead atoms. The summed E-state index contributed by atoms with van der Waals surface area (Å²) in [7, 11) is 0. The first kappa shape index (κ1) is 8.04. The zero-order valence-electron chi connectivity index (χ0n) is 7.30. The van der Waals surface area contributed by atoms with E-state index in [2.05, 4.69) is 4.42 Å². The molecule has 0 aliphatic heterocycles. The summed E-state index contributed by atoms with van der Waals surface area (Å²) in [6.45, 7) is 3.73. The van der Waals surface area contributed by atoms with Crippen LogP contribution in [0.4, 0.5) is 4.48 Å². The largest absolute Gasteiger partial charge is 0.448 e. The van der Waals surface area contributed by atoms with E-state index >= 15 is 0 Å². The maximum atomic E-state index is 13.0. The number of aryl methyl sites for hydroxylation is 2. The van der Waals surface area contributed by atoms with Crippen LogP contribution >= 0.6 is 0 Å². The second-order valence-electron chi connectivity index (χ2n) is 3.05. The molecule has 0 N–H and O–H groups in total. The molecule has 1 aromatic carbocycles. The van der Waals surface area contributed by atoms with Crippen LogP contribution in [0, 0.1) is 13.8 Å². The Labute approximate surface area is 73.3 Å². The van der Waals surface area contributed by atoms with Gasteiger partial charge >= 0.3 is 5.76 Å². The van der Waals surface area contributed by atoms with Gasteiger partial charge < -0.3 is 4.42 Å². The highest BCUT2D eigenvalue weighted by molar-refractivity contribution is 5.74. The van der Waals surface area contributed by atoms with Crippen LogP contribution < -0.4 is 5.76 Å².